The number of Topliss-reactive ketones (excluding diaryl/α,β-unsaturated/α-hetero) is 2. The van der Waals surface area contributed by atoms with Crippen LogP contribution in [0.5, 0.6) is 0 Å². The minimum Gasteiger partial charge on any atom is -0.481 e. The van der Waals surface area contributed by atoms with Gasteiger partial charge >= 0.3 is 5.97 Å². The number of hydrogen-bond acceptors (Lipinski definition) is 8. The minimum atomic E-state index is -4.08. The summed E-state index contributed by atoms with van der Waals surface area (Å²) in [6.45, 7) is 6.71. The third kappa shape index (κ3) is 7.05. The van der Waals surface area contributed by atoms with E-state index in [1.807, 2.05) is 26.0 Å². The second-order valence-electron chi connectivity index (χ2n) is 12.3. The number of amides is 2. The van der Waals surface area contributed by atoms with Crippen LogP contribution in [0.2, 0.25) is 0 Å². The number of nitrogens with zero attached hydrogens (tertiary/aromatic N) is 2. The average Bonchev–Trinajstić information content (AvgIpc) is 3.25. The summed E-state index contributed by atoms with van der Waals surface area (Å²) in [7, 11) is -4.08. The molecule has 2 fully saturated rings. The molecule has 2 aliphatic rings. The summed E-state index contributed by atoms with van der Waals surface area (Å²) in [5, 5.41) is 14.8. The average molecular weight is 607 g/mol. The fourth-order valence-corrected chi connectivity index (χ4v) is 7.88. The van der Waals surface area contributed by atoms with Crippen LogP contribution in [0, 0.1) is 23.2 Å². The Balaban J connectivity index is 1.74. The zero-order valence-electron chi connectivity index (χ0n) is 24.9. The summed E-state index contributed by atoms with van der Waals surface area (Å²) in [4.78, 5) is 68.3. The van der Waals surface area contributed by atoms with E-state index in [1.165, 1.54) is 0 Å². The Morgan fingerprint density at radius 2 is 1.79 bits per heavy atom. The molecule has 0 aromatic carbocycles. The number of carbonyl (C=O) groups is 5. The maximum Gasteiger partial charge on any atom is 0.305 e. The number of aliphatic carboxylic acids is 1. The van der Waals surface area contributed by atoms with Gasteiger partial charge < -0.3 is 15.7 Å². The summed E-state index contributed by atoms with van der Waals surface area (Å²) in [6.07, 6.45) is 4.95. The van der Waals surface area contributed by atoms with Crippen LogP contribution in [-0.4, -0.2) is 83.1 Å². The van der Waals surface area contributed by atoms with Crippen molar-refractivity contribution in [1.82, 2.24) is 19.9 Å². The van der Waals surface area contributed by atoms with E-state index in [0.29, 0.717) is 19.4 Å². The molecule has 2 amide bonds. The summed E-state index contributed by atoms with van der Waals surface area (Å²) in [5.74, 6) is -4.74. The third-order valence-electron chi connectivity index (χ3n) is 9.08. The Morgan fingerprint density at radius 3 is 2.29 bits per heavy atom. The highest BCUT2D eigenvalue weighted by Crippen LogP contribution is 2.61. The summed E-state index contributed by atoms with van der Waals surface area (Å²) in [6, 6.07) is 2.11. The second kappa shape index (κ2) is 13.0. The lowest BCUT2D eigenvalue weighted by molar-refractivity contribution is -0.142. The Hall–Kier alpha value is -3.19. The largest absolute Gasteiger partial charge is 0.481 e. The lowest BCUT2D eigenvalue weighted by Gasteiger charge is -2.44. The van der Waals surface area contributed by atoms with Gasteiger partial charge in [-0.2, -0.15) is 4.31 Å². The van der Waals surface area contributed by atoms with Crippen molar-refractivity contribution >= 4 is 39.4 Å². The second-order valence-corrected chi connectivity index (χ2v) is 14.3. The van der Waals surface area contributed by atoms with E-state index in [2.05, 4.69) is 15.6 Å². The number of carboxylic acids is 1. The molecular formula is C29H42N4O8S. The number of sulfonamides is 1. The summed E-state index contributed by atoms with van der Waals surface area (Å²) < 4.78 is 26.9. The van der Waals surface area contributed by atoms with Gasteiger partial charge in [-0.1, -0.05) is 27.7 Å². The Labute approximate surface area is 247 Å². The van der Waals surface area contributed by atoms with Gasteiger partial charge in [-0.15, -0.1) is 0 Å². The number of aromatic nitrogens is 1. The molecule has 4 atom stereocenters. The molecule has 0 radical (unpaired) electrons. The lowest BCUT2D eigenvalue weighted by Crippen LogP contribution is -2.62. The first-order valence-corrected chi connectivity index (χ1v) is 16.1. The first-order valence-electron chi connectivity index (χ1n) is 14.2. The van der Waals surface area contributed by atoms with Gasteiger partial charge in [0.2, 0.25) is 21.8 Å². The number of hydrogen-bond donors (Lipinski definition) is 3. The van der Waals surface area contributed by atoms with Crippen LogP contribution in [-0.2, 0) is 40.4 Å². The van der Waals surface area contributed by atoms with Crippen molar-refractivity contribution in [3.05, 3.63) is 30.1 Å². The monoisotopic (exact) mass is 606 g/mol. The molecular weight excluding hydrogens is 564 g/mol. The molecule has 12 nitrogen and oxygen atoms in total. The number of carboxylic acid groups (broad SMARTS) is 1. The zero-order valence-corrected chi connectivity index (χ0v) is 25.7. The van der Waals surface area contributed by atoms with Gasteiger partial charge in [-0.25, -0.2) is 8.42 Å². The van der Waals surface area contributed by atoms with Crippen molar-refractivity contribution in [3.8, 4) is 0 Å². The van der Waals surface area contributed by atoms with Crippen LogP contribution in [0.4, 0.5) is 0 Å². The van der Waals surface area contributed by atoms with E-state index in [9.17, 15) is 37.5 Å². The first-order chi connectivity index (χ1) is 19.5. The molecule has 1 heterocycles. The molecule has 2 saturated carbocycles. The zero-order chi connectivity index (χ0) is 31.5. The Bertz CT molecular complexity index is 1310. The molecule has 0 aliphatic heterocycles. The van der Waals surface area contributed by atoms with Gasteiger partial charge in [-0.3, -0.25) is 29.0 Å². The van der Waals surface area contributed by atoms with Gasteiger partial charge in [0.25, 0.3) is 0 Å². The maximum absolute atomic E-state index is 13.5. The molecule has 0 saturated heterocycles. The summed E-state index contributed by atoms with van der Waals surface area (Å²) in [5.41, 5.74) is -1.14. The molecule has 3 N–H and O–H groups in total. The maximum atomic E-state index is 13.5. The van der Waals surface area contributed by atoms with Crippen LogP contribution in [0.3, 0.4) is 0 Å². The predicted molar refractivity (Wildman–Crippen MR) is 153 cm³/mol. The van der Waals surface area contributed by atoms with E-state index in [0.717, 1.165) is 16.1 Å². The first kappa shape index (κ1) is 33.3. The van der Waals surface area contributed by atoms with Gasteiger partial charge in [0.05, 0.1) is 30.8 Å². The van der Waals surface area contributed by atoms with Crippen LogP contribution in [0.1, 0.15) is 65.4 Å². The molecule has 42 heavy (non-hydrogen) atoms. The molecule has 232 valence electrons. The highest BCUT2D eigenvalue weighted by atomic mass is 32.2. The molecule has 4 unspecified atom stereocenters. The van der Waals surface area contributed by atoms with Crippen LogP contribution in [0.25, 0.3) is 0 Å². The van der Waals surface area contributed by atoms with Gasteiger partial charge in [0, 0.05) is 37.7 Å². The smallest absolute Gasteiger partial charge is 0.305 e. The summed E-state index contributed by atoms with van der Waals surface area (Å²) >= 11 is 0. The van der Waals surface area contributed by atoms with E-state index in [-0.39, 0.29) is 42.8 Å². The van der Waals surface area contributed by atoms with Gasteiger partial charge in [0.15, 0.2) is 11.6 Å². The van der Waals surface area contributed by atoms with E-state index in [1.54, 1.807) is 26.2 Å². The van der Waals surface area contributed by atoms with Crippen LogP contribution in [0.15, 0.2) is 24.5 Å². The molecule has 0 spiro atoms. The normalized spacial score (nSPS) is 22.6. The van der Waals surface area contributed by atoms with E-state index >= 15 is 0 Å². The number of ketones is 2. The van der Waals surface area contributed by atoms with Crippen LogP contribution < -0.4 is 10.6 Å². The molecule has 1 aromatic rings. The van der Waals surface area contributed by atoms with Crippen molar-refractivity contribution in [3.63, 3.8) is 0 Å². The van der Waals surface area contributed by atoms with Crippen molar-refractivity contribution in [2.75, 3.05) is 19.3 Å². The fraction of sp³-hybridized carbons (Fsp3) is 0.655. The fourth-order valence-electron chi connectivity index (χ4n) is 6.52. The van der Waals surface area contributed by atoms with Crippen LogP contribution >= 0.6 is 0 Å². The number of pyridine rings is 1. The highest BCUT2D eigenvalue weighted by Gasteiger charge is 2.68. The minimum absolute atomic E-state index is 0.0264. The SMILES string of the molecule is CC(C)C(CC(=O)NCCc1ccncc1)C(=O)NC(CC(=O)O)C(=O)CN(C12CCC(CC1=O)C2(C)C)S(C)(=O)=O. The van der Waals surface area contributed by atoms with Gasteiger partial charge in [0.1, 0.15) is 0 Å². The number of carbonyl (C=O) groups excluding carboxylic acids is 4. The topological polar surface area (TPSA) is 180 Å². The van der Waals surface area contributed by atoms with Gasteiger partial charge in [-0.05, 0) is 54.2 Å². The number of fused-ring (bicyclic) bond motifs is 2. The third-order valence-corrected chi connectivity index (χ3v) is 10.3. The quantitative estimate of drug-likeness (QED) is 0.266. The Kier molecular flexibility index (Phi) is 10.3. The molecule has 1 aromatic heterocycles. The van der Waals surface area contributed by atoms with Crippen molar-refractivity contribution < 1.29 is 37.5 Å². The van der Waals surface area contributed by atoms with E-state index in [4.69, 9.17) is 0 Å². The predicted octanol–water partition coefficient (Wildman–Crippen LogP) is 1.34. The van der Waals surface area contributed by atoms with Crippen molar-refractivity contribution in [1.29, 1.82) is 0 Å². The lowest BCUT2D eigenvalue weighted by atomic mass is 9.75. The molecule has 13 heteroatoms. The molecule has 3 rings (SSSR count). The van der Waals surface area contributed by atoms with Crippen molar-refractivity contribution in [2.24, 2.45) is 23.2 Å². The Morgan fingerprint density at radius 1 is 1.14 bits per heavy atom. The molecule has 2 aliphatic carbocycles. The van der Waals surface area contributed by atoms with Crippen molar-refractivity contribution in [2.45, 2.75) is 77.8 Å². The highest BCUT2D eigenvalue weighted by molar-refractivity contribution is 7.88. The molecule has 2 bridgehead atoms. The number of nitrogens with one attached hydrogen (secondary N) is 2. The number of rotatable bonds is 15. The standard InChI is InChI=1S/C29H42N4O8S/c1-18(2)21(15-25(36)31-13-9-19-7-11-30-12-8-19)27(39)32-22(16-26(37)38)23(34)17-33(42(5,40)41)29-10-6-20(14-24(29)35)28(29,3)4/h7-8,11-12,18,20-22H,6,9-10,13-17H2,1-5H3,(H,31,36)(H,32,39)(H,37,38). The van der Waals surface area contributed by atoms with E-state index < -0.39 is 63.6 Å².